The van der Waals surface area contributed by atoms with Crippen molar-refractivity contribution in [2.45, 2.75) is 32.4 Å². The van der Waals surface area contributed by atoms with Crippen molar-refractivity contribution >= 4 is 11.6 Å². The zero-order chi connectivity index (χ0) is 13.9. The molecule has 0 saturated heterocycles. The highest BCUT2D eigenvalue weighted by Crippen LogP contribution is 2.34. The van der Waals surface area contributed by atoms with Gasteiger partial charge in [0.2, 0.25) is 0 Å². The van der Waals surface area contributed by atoms with E-state index in [1.807, 2.05) is 48.9 Å². The van der Waals surface area contributed by atoms with E-state index in [1.54, 1.807) is 12.5 Å². The van der Waals surface area contributed by atoms with Crippen LogP contribution in [0.4, 0.5) is 0 Å². The highest BCUT2D eigenvalue weighted by atomic mass is 35.5. The van der Waals surface area contributed by atoms with Crippen LogP contribution in [0.15, 0.2) is 43.0 Å². The Kier molecular flexibility index (Phi) is 4.27. The second kappa shape index (κ2) is 5.76. The first-order chi connectivity index (χ1) is 9.02. The average Bonchev–Trinajstić information content (AvgIpc) is 2.89. The van der Waals surface area contributed by atoms with Gasteiger partial charge >= 0.3 is 0 Å². The summed E-state index contributed by atoms with van der Waals surface area (Å²) in [5, 5.41) is 11.7. The van der Waals surface area contributed by atoms with Crippen LogP contribution in [0.1, 0.15) is 25.8 Å². The van der Waals surface area contributed by atoms with Crippen LogP contribution in [0.25, 0.3) is 0 Å². The Balaban J connectivity index is 2.19. The first-order valence-electron chi connectivity index (χ1n) is 6.46. The van der Waals surface area contributed by atoms with E-state index >= 15 is 0 Å². The van der Waals surface area contributed by atoms with Gasteiger partial charge in [-0.3, -0.25) is 0 Å². The third-order valence-electron chi connectivity index (χ3n) is 3.61. The standard InChI is InChI=1S/C15H19ClN2O/c1-12(2)15(19,7-9-18-10-8-17-11-18)13-3-5-14(16)6-4-13/h3-6,8,10-12,19H,7,9H2,1-2H3/t15-/m0/s1. The largest absolute Gasteiger partial charge is 0.385 e. The molecule has 0 saturated carbocycles. The summed E-state index contributed by atoms with van der Waals surface area (Å²) in [6.45, 7) is 4.79. The van der Waals surface area contributed by atoms with Crippen molar-refractivity contribution in [3.63, 3.8) is 0 Å². The molecule has 1 N–H and O–H groups in total. The Hall–Kier alpha value is -1.32. The van der Waals surface area contributed by atoms with Gasteiger partial charge in [-0.25, -0.2) is 4.98 Å². The summed E-state index contributed by atoms with van der Waals surface area (Å²) >= 11 is 5.91. The van der Waals surface area contributed by atoms with E-state index in [2.05, 4.69) is 4.98 Å². The van der Waals surface area contributed by atoms with Crippen LogP contribution in [-0.4, -0.2) is 14.7 Å². The Labute approximate surface area is 118 Å². The summed E-state index contributed by atoms with van der Waals surface area (Å²) in [6.07, 6.45) is 6.06. The SMILES string of the molecule is CC(C)[C@@](O)(CCn1ccnc1)c1ccc(Cl)cc1. The maximum Gasteiger partial charge on any atom is 0.0945 e. The summed E-state index contributed by atoms with van der Waals surface area (Å²) in [7, 11) is 0. The van der Waals surface area contributed by atoms with E-state index in [9.17, 15) is 5.11 Å². The fourth-order valence-electron chi connectivity index (χ4n) is 2.22. The highest BCUT2D eigenvalue weighted by molar-refractivity contribution is 6.30. The smallest absolute Gasteiger partial charge is 0.0945 e. The molecule has 0 aliphatic rings. The Morgan fingerprint density at radius 2 is 2.00 bits per heavy atom. The van der Waals surface area contributed by atoms with Crippen molar-refractivity contribution < 1.29 is 5.11 Å². The molecule has 4 heteroatoms. The molecule has 19 heavy (non-hydrogen) atoms. The molecular weight excluding hydrogens is 260 g/mol. The topological polar surface area (TPSA) is 38.0 Å². The lowest BCUT2D eigenvalue weighted by molar-refractivity contribution is -0.0221. The van der Waals surface area contributed by atoms with E-state index in [0.29, 0.717) is 11.4 Å². The minimum Gasteiger partial charge on any atom is -0.385 e. The van der Waals surface area contributed by atoms with Gasteiger partial charge in [-0.05, 0) is 30.0 Å². The molecule has 2 aromatic rings. The lowest BCUT2D eigenvalue weighted by Crippen LogP contribution is -2.33. The molecule has 102 valence electrons. The Bertz CT molecular complexity index is 507. The first-order valence-corrected chi connectivity index (χ1v) is 6.84. The molecule has 0 radical (unpaired) electrons. The second-order valence-electron chi connectivity index (χ2n) is 5.14. The molecule has 1 heterocycles. The molecule has 0 spiro atoms. The zero-order valence-electron chi connectivity index (χ0n) is 11.3. The molecule has 0 bridgehead atoms. The molecule has 0 unspecified atom stereocenters. The van der Waals surface area contributed by atoms with Gasteiger partial charge in [0.1, 0.15) is 0 Å². The van der Waals surface area contributed by atoms with Crippen molar-refractivity contribution in [3.8, 4) is 0 Å². The Morgan fingerprint density at radius 1 is 1.32 bits per heavy atom. The third kappa shape index (κ3) is 3.17. The van der Waals surface area contributed by atoms with Gasteiger partial charge < -0.3 is 9.67 Å². The predicted molar refractivity (Wildman–Crippen MR) is 77.0 cm³/mol. The number of benzene rings is 1. The van der Waals surface area contributed by atoms with Crippen molar-refractivity contribution in [2.75, 3.05) is 0 Å². The molecule has 0 aliphatic heterocycles. The van der Waals surface area contributed by atoms with E-state index in [1.165, 1.54) is 0 Å². The van der Waals surface area contributed by atoms with Crippen molar-refractivity contribution in [2.24, 2.45) is 5.92 Å². The molecular formula is C15H19ClN2O. The number of imidazole rings is 1. The monoisotopic (exact) mass is 278 g/mol. The van der Waals surface area contributed by atoms with Crippen molar-refractivity contribution in [3.05, 3.63) is 53.6 Å². The third-order valence-corrected chi connectivity index (χ3v) is 3.86. The summed E-state index contributed by atoms with van der Waals surface area (Å²) in [5.41, 5.74) is 0.0570. The number of aromatic nitrogens is 2. The molecule has 1 aromatic carbocycles. The summed E-state index contributed by atoms with van der Waals surface area (Å²) < 4.78 is 1.98. The number of aryl methyl sites for hydroxylation is 1. The number of hydrogen-bond acceptors (Lipinski definition) is 2. The molecule has 3 nitrogen and oxygen atoms in total. The van der Waals surface area contributed by atoms with Crippen LogP contribution in [0.5, 0.6) is 0 Å². The summed E-state index contributed by atoms with van der Waals surface area (Å²) in [4.78, 5) is 4.02. The van der Waals surface area contributed by atoms with Gasteiger partial charge in [0.15, 0.2) is 0 Å². The maximum absolute atomic E-state index is 11.0. The van der Waals surface area contributed by atoms with Crippen LogP contribution in [0.2, 0.25) is 5.02 Å². The molecule has 2 rings (SSSR count). The average molecular weight is 279 g/mol. The Morgan fingerprint density at radius 3 is 2.53 bits per heavy atom. The lowest BCUT2D eigenvalue weighted by atomic mass is 9.81. The van der Waals surface area contributed by atoms with Gasteiger partial charge in [0.05, 0.1) is 11.9 Å². The minimum atomic E-state index is -0.852. The molecule has 0 fully saturated rings. The van der Waals surface area contributed by atoms with Gasteiger partial charge in [0.25, 0.3) is 0 Å². The van der Waals surface area contributed by atoms with Gasteiger partial charge in [-0.15, -0.1) is 0 Å². The van der Waals surface area contributed by atoms with Crippen LogP contribution >= 0.6 is 11.6 Å². The predicted octanol–water partition coefficient (Wildman–Crippen LogP) is 3.47. The number of rotatable bonds is 5. The van der Waals surface area contributed by atoms with Crippen LogP contribution in [-0.2, 0) is 12.1 Å². The van der Waals surface area contributed by atoms with E-state index < -0.39 is 5.60 Å². The van der Waals surface area contributed by atoms with Gasteiger partial charge in [0, 0.05) is 24.0 Å². The molecule has 0 aliphatic carbocycles. The second-order valence-corrected chi connectivity index (χ2v) is 5.57. The van der Waals surface area contributed by atoms with E-state index in [4.69, 9.17) is 11.6 Å². The van der Waals surface area contributed by atoms with Crippen molar-refractivity contribution in [1.82, 2.24) is 9.55 Å². The first kappa shape index (κ1) is 14.1. The number of hydrogen-bond donors (Lipinski definition) is 1. The highest BCUT2D eigenvalue weighted by Gasteiger charge is 2.32. The summed E-state index contributed by atoms with van der Waals surface area (Å²) in [6, 6.07) is 7.44. The van der Waals surface area contributed by atoms with Crippen LogP contribution in [0, 0.1) is 5.92 Å². The number of halogens is 1. The molecule has 1 aromatic heterocycles. The zero-order valence-corrected chi connectivity index (χ0v) is 12.0. The summed E-state index contributed by atoms with van der Waals surface area (Å²) in [5.74, 6) is 0.122. The van der Waals surface area contributed by atoms with E-state index in [-0.39, 0.29) is 5.92 Å². The van der Waals surface area contributed by atoms with Crippen molar-refractivity contribution in [1.29, 1.82) is 0 Å². The normalized spacial score (nSPS) is 14.6. The van der Waals surface area contributed by atoms with E-state index in [0.717, 1.165) is 12.1 Å². The fraction of sp³-hybridized carbons (Fsp3) is 0.400. The van der Waals surface area contributed by atoms with Gasteiger partial charge in [-0.1, -0.05) is 37.6 Å². The maximum atomic E-state index is 11.0. The number of nitrogens with zero attached hydrogens (tertiary/aromatic N) is 2. The van der Waals surface area contributed by atoms with Crippen LogP contribution < -0.4 is 0 Å². The minimum absolute atomic E-state index is 0.122. The van der Waals surface area contributed by atoms with Crippen LogP contribution in [0.3, 0.4) is 0 Å². The fourth-order valence-corrected chi connectivity index (χ4v) is 2.35. The number of aliphatic hydroxyl groups is 1. The lowest BCUT2D eigenvalue weighted by Gasteiger charge is -2.33. The molecule has 1 atom stereocenters. The quantitative estimate of drug-likeness (QED) is 0.909. The van der Waals surface area contributed by atoms with Gasteiger partial charge in [-0.2, -0.15) is 0 Å². The molecule has 0 amide bonds.